The lowest BCUT2D eigenvalue weighted by Gasteiger charge is -2.08. The lowest BCUT2D eigenvalue weighted by Crippen LogP contribution is -2.25. The van der Waals surface area contributed by atoms with Gasteiger partial charge in [0.2, 0.25) is 0 Å². The van der Waals surface area contributed by atoms with Crippen LogP contribution in [-0.4, -0.2) is 18.2 Å². The summed E-state index contributed by atoms with van der Waals surface area (Å²) in [6.07, 6.45) is 3.10. The fourth-order valence-corrected chi connectivity index (χ4v) is 2.15. The molecule has 20 heavy (non-hydrogen) atoms. The number of amides is 1. The van der Waals surface area contributed by atoms with E-state index in [-0.39, 0.29) is 12.5 Å². The molecule has 1 amide bonds. The summed E-state index contributed by atoms with van der Waals surface area (Å²) in [6, 6.07) is 5.72. The predicted octanol–water partition coefficient (Wildman–Crippen LogP) is 3.82. The lowest BCUT2D eigenvalue weighted by atomic mass is 10.2. The number of rotatable bonds is 7. The van der Waals surface area contributed by atoms with E-state index in [0.717, 1.165) is 35.0 Å². The number of carbonyl (C=O) groups is 1. The van der Waals surface area contributed by atoms with E-state index in [1.54, 1.807) is 0 Å². The maximum Gasteiger partial charge on any atom is 0.277 e. The second-order valence-electron chi connectivity index (χ2n) is 4.71. The number of halogens is 1. The molecular weight excluding hydrogens is 320 g/mol. The standard InChI is InChI=1S/C15H21BrN2O2/c1-4-5-6-12(3)17-18-15(19)10-20-14-8-7-11(2)9-13(14)16/h7-9H,4-6,10H2,1-3H3,(H,18,19)/b17-12+. The molecule has 0 spiro atoms. The van der Waals surface area contributed by atoms with Crippen LogP contribution < -0.4 is 10.2 Å². The zero-order chi connectivity index (χ0) is 15.0. The molecule has 5 heteroatoms. The summed E-state index contributed by atoms with van der Waals surface area (Å²) < 4.78 is 6.28. The zero-order valence-corrected chi connectivity index (χ0v) is 13.8. The Balaban J connectivity index is 2.39. The number of nitrogens with zero attached hydrogens (tertiary/aromatic N) is 1. The van der Waals surface area contributed by atoms with E-state index in [4.69, 9.17) is 4.74 Å². The van der Waals surface area contributed by atoms with Gasteiger partial charge in [0.1, 0.15) is 5.75 Å². The van der Waals surface area contributed by atoms with Gasteiger partial charge in [-0.2, -0.15) is 5.10 Å². The van der Waals surface area contributed by atoms with Crippen LogP contribution in [0.5, 0.6) is 5.75 Å². The number of hydrogen-bond acceptors (Lipinski definition) is 3. The number of ether oxygens (including phenoxy) is 1. The van der Waals surface area contributed by atoms with Gasteiger partial charge in [0, 0.05) is 5.71 Å². The highest BCUT2D eigenvalue weighted by atomic mass is 79.9. The van der Waals surface area contributed by atoms with Crippen molar-refractivity contribution in [1.29, 1.82) is 0 Å². The van der Waals surface area contributed by atoms with E-state index in [9.17, 15) is 4.79 Å². The van der Waals surface area contributed by atoms with Crippen molar-refractivity contribution in [2.24, 2.45) is 5.10 Å². The molecule has 0 fully saturated rings. The van der Waals surface area contributed by atoms with Crippen LogP contribution in [0.15, 0.2) is 27.8 Å². The van der Waals surface area contributed by atoms with Gasteiger partial charge < -0.3 is 4.74 Å². The van der Waals surface area contributed by atoms with Crippen LogP contribution in [-0.2, 0) is 4.79 Å². The van der Waals surface area contributed by atoms with Crippen molar-refractivity contribution in [3.63, 3.8) is 0 Å². The summed E-state index contributed by atoms with van der Waals surface area (Å²) >= 11 is 3.40. The first-order valence-corrected chi connectivity index (χ1v) is 7.53. The molecule has 0 radical (unpaired) electrons. The summed E-state index contributed by atoms with van der Waals surface area (Å²) in [6.45, 7) is 5.98. The molecule has 0 atom stereocenters. The first kappa shape index (κ1) is 16.7. The molecule has 0 heterocycles. The largest absolute Gasteiger partial charge is 0.483 e. The van der Waals surface area contributed by atoms with Crippen LogP contribution in [0.1, 0.15) is 38.7 Å². The summed E-state index contributed by atoms with van der Waals surface area (Å²) in [7, 11) is 0. The molecule has 0 bridgehead atoms. The third-order valence-electron chi connectivity index (χ3n) is 2.71. The van der Waals surface area contributed by atoms with Crippen molar-refractivity contribution in [1.82, 2.24) is 5.43 Å². The van der Waals surface area contributed by atoms with Gasteiger partial charge in [-0.1, -0.05) is 19.4 Å². The van der Waals surface area contributed by atoms with Gasteiger partial charge in [-0.05, 0) is 60.3 Å². The summed E-state index contributed by atoms with van der Waals surface area (Å²) in [5.74, 6) is 0.394. The summed E-state index contributed by atoms with van der Waals surface area (Å²) in [5.41, 5.74) is 4.56. The topological polar surface area (TPSA) is 50.7 Å². The van der Waals surface area contributed by atoms with Crippen molar-refractivity contribution in [3.8, 4) is 5.75 Å². The maximum absolute atomic E-state index is 11.6. The third-order valence-corrected chi connectivity index (χ3v) is 3.33. The number of benzene rings is 1. The fourth-order valence-electron chi connectivity index (χ4n) is 1.54. The molecule has 0 unspecified atom stereocenters. The molecule has 1 N–H and O–H groups in total. The Labute approximate surface area is 128 Å². The number of aryl methyl sites for hydroxylation is 1. The highest BCUT2D eigenvalue weighted by Gasteiger charge is 2.05. The molecule has 0 saturated carbocycles. The van der Waals surface area contributed by atoms with Crippen LogP contribution in [0.4, 0.5) is 0 Å². The molecule has 1 aromatic carbocycles. The van der Waals surface area contributed by atoms with E-state index in [2.05, 4.69) is 33.4 Å². The number of hydrogen-bond donors (Lipinski definition) is 1. The van der Waals surface area contributed by atoms with E-state index >= 15 is 0 Å². The first-order valence-electron chi connectivity index (χ1n) is 6.74. The molecule has 0 aliphatic rings. The Morgan fingerprint density at radius 3 is 2.85 bits per heavy atom. The van der Waals surface area contributed by atoms with Crippen LogP contribution >= 0.6 is 15.9 Å². The Hall–Kier alpha value is -1.36. The van der Waals surface area contributed by atoms with Crippen LogP contribution in [0, 0.1) is 6.92 Å². The fraction of sp³-hybridized carbons (Fsp3) is 0.467. The SMILES string of the molecule is CCCC/C(C)=N/NC(=O)COc1ccc(C)cc1Br. The number of unbranched alkanes of at least 4 members (excludes halogenated alkanes) is 1. The van der Waals surface area contributed by atoms with Gasteiger partial charge >= 0.3 is 0 Å². The Morgan fingerprint density at radius 1 is 1.45 bits per heavy atom. The molecule has 0 aromatic heterocycles. The molecule has 0 aliphatic carbocycles. The monoisotopic (exact) mass is 340 g/mol. The molecule has 0 aliphatic heterocycles. The van der Waals surface area contributed by atoms with Gasteiger partial charge in [0.05, 0.1) is 4.47 Å². The predicted molar refractivity (Wildman–Crippen MR) is 85.2 cm³/mol. The second kappa shape index (κ2) is 8.74. The summed E-state index contributed by atoms with van der Waals surface area (Å²) in [5, 5.41) is 4.04. The normalized spacial score (nSPS) is 11.3. The lowest BCUT2D eigenvalue weighted by molar-refractivity contribution is -0.123. The van der Waals surface area contributed by atoms with Crippen LogP contribution in [0.2, 0.25) is 0 Å². The van der Waals surface area contributed by atoms with Crippen molar-refractivity contribution >= 4 is 27.5 Å². The van der Waals surface area contributed by atoms with E-state index < -0.39 is 0 Å². The molecular formula is C15H21BrN2O2. The van der Waals surface area contributed by atoms with Crippen LogP contribution in [0.25, 0.3) is 0 Å². The maximum atomic E-state index is 11.6. The minimum atomic E-state index is -0.256. The number of carbonyl (C=O) groups excluding carboxylic acids is 1. The first-order chi connectivity index (χ1) is 9.52. The third kappa shape index (κ3) is 6.19. The van der Waals surface area contributed by atoms with Crippen molar-refractivity contribution in [2.45, 2.75) is 40.0 Å². The average molecular weight is 341 g/mol. The Bertz CT molecular complexity index is 487. The minimum absolute atomic E-state index is 0.0494. The van der Waals surface area contributed by atoms with Crippen molar-refractivity contribution < 1.29 is 9.53 Å². The van der Waals surface area contributed by atoms with E-state index in [1.807, 2.05) is 32.0 Å². The van der Waals surface area contributed by atoms with Gasteiger partial charge in [-0.15, -0.1) is 0 Å². The van der Waals surface area contributed by atoms with Crippen molar-refractivity contribution in [3.05, 3.63) is 28.2 Å². The number of hydrazone groups is 1. The van der Waals surface area contributed by atoms with E-state index in [1.165, 1.54) is 0 Å². The quantitative estimate of drug-likeness (QED) is 0.605. The highest BCUT2D eigenvalue weighted by Crippen LogP contribution is 2.25. The highest BCUT2D eigenvalue weighted by molar-refractivity contribution is 9.10. The molecule has 4 nitrogen and oxygen atoms in total. The molecule has 0 saturated heterocycles. The smallest absolute Gasteiger partial charge is 0.277 e. The molecule has 1 aromatic rings. The van der Waals surface area contributed by atoms with Gasteiger partial charge in [-0.3, -0.25) is 4.79 Å². The summed E-state index contributed by atoms with van der Waals surface area (Å²) in [4.78, 5) is 11.6. The Morgan fingerprint density at radius 2 is 2.20 bits per heavy atom. The average Bonchev–Trinajstić information content (AvgIpc) is 2.41. The molecule has 110 valence electrons. The Kier molecular flexibility index (Phi) is 7.30. The van der Waals surface area contributed by atoms with Gasteiger partial charge in [0.15, 0.2) is 6.61 Å². The number of nitrogens with one attached hydrogen (secondary N) is 1. The van der Waals surface area contributed by atoms with E-state index in [0.29, 0.717) is 5.75 Å². The zero-order valence-electron chi connectivity index (χ0n) is 12.2. The van der Waals surface area contributed by atoms with Gasteiger partial charge in [0.25, 0.3) is 5.91 Å². The second-order valence-corrected chi connectivity index (χ2v) is 5.56. The van der Waals surface area contributed by atoms with Gasteiger partial charge in [-0.25, -0.2) is 5.43 Å². The minimum Gasteiger partial charge on any atom is -0.483 e. The molecule has 1 rings (SSSR count). The van der Waals surface area contributed by atoms with Crippen molar-refractivity contribution in [2.75, 3.05) is 6.61 Å². The van der Waals surface area contributed by atoms with Crippen LogP contribution in [0.3, 0.4) is 0 Å².